The third-order valence-electron chi connectivity index (χ3n) is 2.56. The van der Waals surface area contributed by atoms with E-state index in [2.05, 4.69) is 15.9 Å². The highest BCUT2D eigenvalue weighted by Crippen LogP contribution is 2.47. The molecule has 1 fully saturated rings. The maximum Gasteiger partial charge on any atom is 0.114 e. The summed E-state index contributed by atoms with van der Waals surface area (Å²) in [7, 11) is 0. The van der Waals surface area contributed by atoms with Crippen molar-refractivity contribution in [1.29, 1.82) is 0 Å². The first-order valence-corrected chi connectivity index (χ1v) is 5.96. The van der Waals surface area contributed by atoms with E-state index in [0.29, 0.717) is 12.5 Å². The number of hydrogen-bond donors (Lipinski definition) is 2. The molecule has 1 unspecified atom stereocenters. The maximum absolute atomic E-state index is 10.3. The van der Waals surface area contributed by atoms with Crippen LogP contribution in [-0.4, -0.2) is 11.7 Å². The molecule has 0 spiro atoms. The molecule has 1 heterocycles. The SMILES string of the molecule is NCC(O)(c1ccc(Br)s1)C1CC1. The number of thiophene rings is 1. The highest BCUT2D eigenvalue weighted by Gasteiger charge is 2.44. The van der Waals surface area contributed by atoms with Crippen LogP contribution in [0.2, 0.25) is 0 Å². The molecular formula is C9H12BrNOS. The number of hydrogen-bond acceptors (Lipinski definition) is 3. The lowest BCUT2D eigenvalue weighted by Crippen LogP contribution is -2.36. The molecule has 0 bridgehead atoms. The van der Waals surface area contributed by atoms with Crippen molar-refractivity contribution in [2.45, 2.75) is 18.4 Å². The van der Waals surface area contributed by atoms with Gasteiger partial charge in [0.25, 0.3) is 0 Å². The van der Waals surface area contributed by atoms with Crippen LogP contribution in [0.3, 0.4) is 0 Å². The van der Waals surface area contributed by atoms with Crippen molar-refractivity contribution in [3.8, 4) is 0 Å². The molecule has 4 heteroatoms. The summed E-state index contributed by atoms with van der Waals surface area (Å²) >= 11 is 4.96. The van der Waals surface area contributed by atoms with E-state index < -0.39 is 5.60 Å². The van der Waals surface area contributed by atoms with Gasteiger partial charge in [-0.3, -0.25) is 0 Å². The zero-order chi connectivity index (χ0) is 9.47. The van der Waals surface area contributed by atoms with Crippen LogP contribution in [-0.2, 0) is 5.60 Å². The molecule has 1 aliphatic carbocycles. The van der Waals surface area contributed by atoms with Crippen molar-refractivity contribution >= 4 is 27.3 Å². The quantitative estimate of drug-likeness (QED) is 0.875. The minimum atomic E-state index is -0.767. The second-order valence-corrected chi connectivity index (χ2v) is 5.97. The topological polar surface area (TPSA) is 46.2 Å². The van der Waals surface area contributed by atoms with E-state index in [4.69, 9.17) is 5.73 Å². The Morgan fingerprint density at radius 3 is 2.69 bits per heavy atom. The van der Waals surface area contributed by atoms with Gasteiger partial charge in [-0.15, -0.1) is 11.3 Å². The molecule has 13 heavy (non-hydrogen) atoms. The van der Waals surface area contributed by atoms with Gasteiger partial charge in [0.05, 0.1) is 3.79 Å². The zero-order valence-electron chi connectivity index (χ0n) is 7.16. The molecular weight excluding hydrogens is 250 g/mol. The van der Waals surface area contributed by atoms with Crippen molar-refractivity contribution in [3.63, 3.8) is 0 Å². The number of nitrogens with two attached hydrogens (primary N) is 1. The Kier molecular flexibility index (Phi) is 2.49. The molecule has 2 rings (SSSR count). The van der Waals surface area contributed by atoms with E-state index in [0.717, 1.165) is 21.5 Å². The fraction of sp³-hybridized carbons (Fsp3) is 0.556. The third kappa shape index (κ3) is 1.68. The molecule has 1 aromatic heterocycles. The monoisotopic (exact) mass is 261 g/mol. The fourth-order valence-electron chi connectivity index (χ4n) is 1.58. The summed E-state index contributed by atoms with van der Waals surface area (Å²) < 4.78 is 1.05. The Labute approximate surface area is 89.9 Å². The van der Waals surface area contributed by atoms with E-state index in [1.165, 1.54) is 0 Å². The van der Waals surface area contributed by atoms with Crippen molar-refractivity contribution < 1.29 is 5.11 Å². The van der Waals surface area contributed by atoms with Gasteiger partial charge in [-0.2, -0.15) is 0 Å². The Morgan fingerprint density at radius 1 is 1.62 bits per heavy atom. The van der Waals surface area contributed by atoms with Crippen molar-refractivity contribution in [3.05, 3.63) is 20.8 Å². The molecule has 2 nitrogen and oxygen atoms in total. The molecule has 1 aromatic rings. The smallest absolute Gasteiger partial charge is 0.114 e. The maximum atomic E-state index is 10.3. The Bertz CT molecular complexity index is 310. The van der Waals surface area contributed by atoms with Gasteiger partial charge < -0.3 is 10.8 Å². The van der Waals surface area contributed by atoms with Gasteiger partial charge in [0, 0.05) is 11.4 Å². The molecule has 1 saturated carbocycles. The molecule has 1 aliphatic rings. The predicted molar refractivity (Wildman–Crippen MR) is 57.7 cm³/mol. The second kappa shape index (κ2) is 3.35. The highest BCUT2D eigenvalue weighted by molar-refractivity contribution is 9.11. The lowest BCUT2D eigenvalue weighted by Gasteiger charge is -2.24. The van der Waals surface area contributed by atoms with E-state index in [-0.39, 0.29) is 0 Å². The first-order valence-electron chi connectivity index (χ1n) is 4.35. The van der Waals surface area contributed by atoms with Crippen LogP contribution < -0.4 is 5.73 Å². The van der Waals surface area contributed by atoms with Crippen LogP contribution in [0, 0.1) is 5.92 Å². The Hall–Kier alpha value is 0.1000. The van der Waals surface area contributed by atoms with Crippen molar-refractivity contribution in [2.75, 3.05) is 6.54 Å². The third-order valence-corrected chi connectivity index (χ3v) is 4.35. The van der Waals surface area contributed by atoms with Gasteiger partial charge in [0.1, 0.15) is 5.60 Å². The molecule has 0 radical (unpaired) electrons. The Morgan fingerprint density at radius 2 is 2.31 bits per heavy atom. The number of halogens is 1. The van der Waals surface area contributed by atoms with Crippen molar-refractivity contribution in [1.82, 2.24) is 0 Å². The minimum Gasteiger partial charge on any atom is -0.383 e. The molecule has 72 valence electrons. The lowest BCUT2D eigenvalue weighted by molar-refractivity contribution is 0.0259. The van der Waals surface area contributed by atoms with Crippen LogP contribution >= 0.6 is 27.3 Å². The van der Waals surface area contributed by atoms with Crippen LogP contribution in [0.25, 0.3) is 0 Å². The van der Waals surface area contributed by atoms with Gasteiger partial charge in [0.15, 0.2) is 0 Å². The Balaban J connectivity index is 2.29. The van der Waals surface area contributed by atoms with Crippen LogP contribution in [0.15, 0.2) is 15.9 Å². The molecule has 0 amide bonds. The normalized spacial score (nSPS) is 21.5. The summed E-state index contributed by atoms with van der Waals surface area (Å²) in [5.41, 5.74) is 4.86. The largest absolute Gasteiger partial charge is 0.383 e. The van der Waals surface area contributed by atoms with Crippen LogP contribution in [0.1, 0.15) is 17.7 Å². The van der Waals surface area contributed by atoms with E-state index >= 15 is 0 Å². The van der Waals surface area contributed by atoms with E-state index in [1.54, 1.807) is 11.3 Å². The van der Waals surface area contributed by atoms with Gasteiger partial charge in [-0.25, -0.2) is 0 Å². The van der Waals surface area contributed by atoms with Crippen LogP contribution in [0.5, 0.6) is 0 Å². The molecule has 3 N–H and O–H groups in total. The van der Waals surface area contributed by atoms with E-state index in [1.807, 2.05) is 12.1 Å². The average Bonchev–Trinajstić information content (AvgIpc) is 2.89. The summed E-state index contributed by atoms with van der Waals surface area (Å²) in [6.07, 6.45) is 2.20. The fourth-order valence-corrected chi connectivity index (χ4v) is 3.14. The van der Waals surface area contributed by atoms with E-state index in [9.17, 15) is 5.11 Å². The summed E-state index contributed by atoms with van der Waals surface area (Å²) in [6, 6.07) is 3.92. The number of aliphatic hydroxyl groups is 1. The summed E-state index contributed by atoms with van der Waals surface area (Å²) in [4.78, 5) is 0.990. The van der Waals surface area contributed by atoms with Gasteiger partial charge in [0.2, 0.25) is 0 Å². The predicted octanol–water partition coefficient (Wildman–Crippen LogP) is 2.07. The molecule has 0 aromatic carbocycles. The van der Waals surface area contributed by atoms with Gasteiger partial charge in [-0.1, -0.05) is 0 Å². The first-order chi connectivity index (χ1) is 6.16. The van der Waals surface area contributed by atoms with Crippen molar-refractivity contribution in [2.24, 2.45) is 11.7 Å². The van der Waals surface area contributed by atoms with Gasteiger partial charge in [-0.05, 0) is 46.8 Å². The lowest BCUT2D eigenvalue weighted by atomic mass is 9.96. The summed E-state index contributed by atoms with van der Waals surface area (Å²) in [5, 5.41) is 10.3. The summed E-state index contributed by atoms with van der Waals surface area (Å²) in [5.74, 6) is 0.378. The highest BCUT2D eigenvalue weighted by atomic mass is 79.9. The number of rotatable bonds is 3. The van der Waals surface area contributed by atoms with Gasteiger partial charge >= 0.3 is 0 Å². The molecule has 0 saturated heterocycles. The molecule has 1 atom stereocenters. The zero-order valence-corrected chi connectivity index (χ0v) is 9.57. The molecule has 0 aliphatic heterocycles. The minimum absolute atomic E-state index is 0.324. The summed E-state index contributed by atoms with van der Waals surface area (Å²) in [6.45, 7) is 0.324. The standard InChI is InChI=1S/C9H12BrNOS/c10-8-4-3-7(13-8)9(12,5-11)6-1-2-6/h3-4,6,12H,1-2,5,11H2. The van der Waals surface area contributed by atoms with Crippen LogP contribution in [0.4, 0.5) is 0 Å². The second-order valence-electron chi connectivity index (χ2n) is 3.51. The first kappa shape index (κ1) is 9.65. The average molecular weight is 262 g/mol.